The highest BCUT2D eigenvalue weighted by molar-refractivity contribution is 7.10. The molecule has 0 radical (unpaired) electrons. The molecule has 1 amide bonds. The summed E-state index contributed by atoms with van der Waals surface area (Å²) in [7, 11) is 0. The van der Waals surface area contributed by atoms with Crippen LogP contribution < -0.4 is 0 Å². The summed E-state index contributed by atoms with van der Waals surface area (Å²) >= 11 is 1.62. The van der Waals surface area contributed by atoms with E-state index in [9.17, 15) is 4.79 Å². The molecule has 120 valence electrons. The Hall–Kier alpha value is -2.73. The Balaban J connectivity index is 1.36. The van der Waals surface area contributed by atoms with E-state index in [1.54, 1.807) is 17.4 Å². The molecule has 0 spiro atoms. The van der Waals surface area contributed by atoms with Gasteiger partial charge in [-0.05, 0) is 17.5 Å². The first-order chi connectivity index (χ1) is 11.8. The van der Waals surface area contributed by atoms with Crippen molar-refractivity contribution in [3.05, 3.63) is 65.0 Å². The van der Waals surface area contributed by atoms with Crippen molar-refractivity contribution >= 4 is 23.3 Å². The quantitative estimate of drug-likeness (QED) is 0.688. The number of likely N-dealkylation sites (tertiary alicyclic amines) is 1. The fourth-order valence-electron chi connectivity index (χ4n) is 2.64. The highest BCUT2D eigenvalue weighted by atomic mass is 32.1. The molecule has 0 aliphatic carbocycles. The zero-order chi connectivity index (χ0) is 16.4. The molecule has 0 N–H and O–H groups in total. The van der Waals surface area contributed by atoms with Crippen molar-refractivity contribution < 1.29 is 4.79 Å². The fraction of sp³-hybridized carbons (Fsp3) is 0.167. The maximum Gasteiger partial charge on any atom is 0.246 e. The summed E-state index contributed by atoms with van der Waals surface area (Å²) in [5.41, 5.74) is 1.91. The van der Waals surface area contributed by atoms with Gasteiger partial charge in [0.2, 0.25) is 5.91 Å². The Morgan fingerprint density at radius 3 is 2.75 bits per heavy atom. The second-order valence-corrected chi connectivity index (χ2v) is 6.67. The molecule has 24 heavy (non-hydrogen) atoms. The Labute approximate surface area is 143 Å². The molecular formula is C18H16N4OS. The van der Waals surface area contributed by atoms with E-state index in [4.69, 9.17) is 0 Å². The predicted octanol–water partition coefficient (Wildman–Crippen LogP) is 3.10. The molecule has 0 unspecified atom stereocenters. The highest BCUT2D eigenvalue weighted by Gasteiger charge is 2.31. The van der Waals surface area contributed by atoms with Crippen molar-refractivity contribution in [2.24, 2.45) is 0 Å². The summed E-state index contributed by atoms with van der Waals surface area (Å²) in [6.07, 6.45) is 5.45. The molecule has 3 aromatic rings. The van der Waals surface area contributed by atoms with Gasteiger partial charge in [0, 0.05) is 29.6 Å². The van der Waals surface area contributed by atoms with Crippen LogP contribution in [0.1, 0.15) is 10.9 Å². The van der Waals surface area contributed by atoms with E-state index in [0.29, 0.717) is 13.1 Å². The van der Waals surface area contributed by atoms with E-state index in [2.05, 4.69) is 10.3 Å². The van der Waals surface area contributed by atoms with Gasteiger partial charge in [-0.3, -0.25) is 4.79 Å². The molecule has 0 bridgehead atoms. The first-order valence-electron chi connectivity index (χ1n) is 7.77. The van der Waals surface area contributed by atoms with Crippen LogP contribution >= 0.6 is 11.3 Å². The second-order valence-electron chi connectivity index (χ2n) is 5.70. The van der Waals surface area contributed by atoms with Crippen LogP contribution in [0.2, 0.25) is 0 Å². The highest BCUT2D eigenvalue weighted by Crippen LogP contribution is 2.23. The zero-order valence-electron chi connectivity index (χ0n) is 12.9. The predicted molar refractivity (Wildman–Crippen MR) is 94.4 cm³/mol. The van der Waals surface area contributed by atoms with Crippen LogP contribution in [-0.4, -0.2) is 38.9 Å². The maximum absolute atomic E-state index is 12.1. The van der Waals surface area contributed by atoms with E-state index in [1.165, 1.54) is 0 Å². The number of hydrogen-bond donors (Lipinski definition) is 0. The van der Waals surface area contributed by atoms with Gasteiger partial charge in [0.1, 0.15) is 5.69 Å². The van der Waals surface area contributed by atoms with Crippen molar-refractivity contribution in [3.63, 3.8) is 0 Å². The first kappa shape index (κ1) is 14.8. The first-order valence-corrected chi connectivity index (χ1v) is 8.65. The average Bonchev–Trinajstić information content (AvgIpc) is 3.24. The minimum atomic E-state index is 0.0445. The molecule has 0 saturated carbocycles. The van der Waals surface area contributed by atoms with E-state index < -0.39 is 0 Å². The Morgan fingerprint density at radius 1 is 1.17 bits per heavy atom. The lowest BCUT2D eigenvalue weighted by Gasteiger charge is -2.38. The number of carbonyl (C=O) groups excluding carboxylic acids is 1. The standard InChI is InChI=1S/C18H16N4OS/c23-18(9-8-16-7-4-10-24-16)21-11-15(12-21)22-13-17(19-20-22)14-5-2-1-3-6-14/h1-10,13,15H,11-12H2/b9-8+. The average molecular weight is 336 g/mol. The van der Waals surface area contributed by atoms with Gasteiger partial charge in [-0.2, -0.15) is 0 Å². The van der Waals surface area contributed by atoms with Gasteiger partial charge >= 0.3 is 0 Å². The van der Waals surface area contributed by atoms with Gasteiger partial charge in [-0.25, -0.2) is 4.68 Å². The monoisotopic (exact) mass is 336 g/mol. The third kappa shape index (κ3) is 3.00. The molecule has 1 aromatic carbocycles. The van der Waals surface area contributed by atoms with Crippen LogP contribution in [0.3, 0.4) is 0 Å². The fourth-order valence-corrected chi connectivity index (χ4v) is 3.26. The van der Waals surface area contributed by atoms with Crippen LogP contribution in [0.25, 0.3) is 17.3 Å². The van der Waals surface area contributed by atoms with Crippen LogP contribution in [0.4, 0.5) is 0 Å². The molecule has 1 aliphatic heterocycles. The van der Waals surface area contributed by atoms with Gasteiger partial charge in [-0.15, -0.1) is 16.4 Å². The number of benzene rings is 1. The third-order valence-electron chi connectivity index (χ3n) is 4.06. The van der Waals surface area contributed by atoms with E-state index in [0.717, 1.165) is 16.1 Å². The summed E-state index contributed by atoms with van der Waals surface area (Å²) in [5, 5.41) is 10.4. The molecule has 0 atom stereocenters. The van der Waals surface area contributed by atoms with Crippen molar-refractivity contribution in [3.8, 4) is 11.3 Å². The normalized spacial score (nSPS) is 14.9. The summed E-state index contributed by atoms with van der Waals surface area (Å²) in [4.78, 5) is 15.0. The van der Waals surface area contributed by atoms with Crippen molar-refractivity contribution in [2.45, 2.75) is 6.04 Å². The largest absolute Gasteiger partial charge is 0.335 e. The molecule has 1 saturated heterocycles. The number of hydrogen-bond acceptors (Lipinski definition) is 4. The molecule has 2 aromatic heterocycles. The number of carbonyl (C=O) groups is 1. The molecule has 1 fully saturated rings. The Bertz CT molecular complexity index is 848. The zero-order valence-corrected chi connectivity index (χ0v) is 13.8. The summed E-state index contributed by atoms with van der Waals surface area (Å²) in [6, 6.07) is 14.1. The van der Waals surface area contributed by atoms with Crippen LogP contribution in [0.5, 0.6) is 0 Å². The van der Waals surface area contributed by atoms with E-state index in [-0.39, 0.29) is 11.9 Å². The van der Waals surface area contributed by atoms with E-state index >= 15 is 0 Å². The van der Waals surface area contributed by atoms with Crippen molar-refractivity contribution in [1.82, 2.24) is 19.9 Å². The van der Waals surface area contributed by atoms with E-state index in [1.807, 2.05) is 69.7 Å². The molecule has 3 heterocycles. The molecule has 1 aliphatic rings. The topological polar surface area (TPSA) is 51.0 Å². The lowest BCUT2D eigenvalue weighted by Crippen LogP contribution is -2.50. The molecule has 5 nitrogen and oxygen atoms in total. The van der Waals surface area contributed by atoms with Crippen molar-refractivity contribution in [2.75, 3.05) is 13.1 Å². The lowest BCUT2D eigenvalue weighted by molar-refractivity contribution is -0.131. The Kier molecular flexibility index (Phi) is 3.96. The summed E-state index contributed by atoms with van der Waals surface area (Å²) in [6.45, 7) is 1.34. The number of rotatable bonds is 4. The second kappa shape index (κ2) is 6.41. The molecular weight excluding hydrogens is 320 g/mol. The van der Waals surface area contributed by atoms with Gasteiger partial charge < -0.3 is 4.90 Å². The molecule has 4 rings (SSSR count). The van der Waals surface area contributed by atoms with Gasteiger partial charge in [0.05, 0.1) is 12.2 Å². The number of nitrogens with zero attached hydrogens (tertiary/aromatic N) is 4. The van der Waals surface area contributed by atoms with Gasteiger partial charge in [-0.1, -0.05) is 41.6 Å². The minimum Gasteiger partial charge on any atom is -0.335 e. The van der Waals surface area contributed by atoms with Gasteiger partial charge in [0.25, 0.3) is 0 Å². The third-order valence-corrected chi connectivity index (χ3v) is 4.90. The SMILES string of the molecule is O=C(/C=C/c1cccs1)N1CC(n2cc(-c3ccccc3)nn2)C1. The smallest absolute Gasteiger partial charge is 0.246 e. The van der Waals surface area contributed by atoms with Crippen LogP contribution in [-0.2, 0) is 4.79 Å². The summed E-state index contributed by atoms with van der Waals surface area (Å²) in [5.74, 6) is 0.0445. The van der Waals surface area contributed by atoms with Crippen LogP contribution in [0, 0.1) is 0 Å². The van der Waals surface area contributed by atoms with Crippen molar-refractivity contribution in [1.29, 1.82) is 0 Å². The van der Waals surface area contributed by atoms with Crippen LogP contribution in [0.15, 0.2) is 60.1 Å². The lowest BCUT2D eigenvalue weighted by atomic mass is 10.1. The summed E-state index contributed by atoms with van der Waals surface area (Å²) < 4.78 is 1.86. The number of thiophene rings is 1. The number of aromatic nitrogens is 3. The minimum absolute atomic E-state index is 0.0445. The number of amides is 1. The van der Waals surface area contributed by atoms with Gasteiger partial charge in [0.15, 0.2) is 0 Å². The molecule has 6 heteroatoms. The maximum atomic E-state index is 12.1. The Morgan fingerprint density at radius 2 is 2.00 bits per heavy atom.